The summed E-state index contributed by atoms with van der Waals surface area (Å²) in [6, 6.07) is 17.4. The summed E-state index contributed by atoms with van der Waals surface area (Å²) in [6.07, 6.45) is 3.77. The lowest BCUT2D eigenvalue weighted by atomic mass is 9.78. The van der Waals surface area contributed by atoms with Crippen LogP contribution < -0.4 is 14.1 Å². The number of hydrogen-bond donors (Lipinski definition) is 0. The molecule has 7 heteroatoms. The largest absolute Gasteiger partial charge is 0.543 e. The standard InChI is InChI=1S/C36H43NO5Si/c1-22(2)43(23(3)4,24(5)6)42-27-15-16-28-30(20-27)41-36(17-11-12-18-36)29-19-25(21-40-7)31-33(32(28)29)35(39)37(34(31)38)26-13-9-8-10-14-26/h8-10,13-16,19-20,22-24H,11-12,17-18,21H2,1-7H3. The summed E-state index contributed by atoms with van der Waals surface area (Å²) < 4.78 is 19.6. The van der Waals surface area contributed by atoms with Gasteiger partial charge in [0.2, 0.25) is 0 Å². The van der Waals surface area contributed by atoms with Crippen molar-refractivity contribution in [3.8, 4) is 22.6 Å². The van der Waals surface area contributed by atoms with Crippen molar-refractivity contribution in [1.29, 1.82) is 0 Å². The van der Waals surface area contributed by atoms with E-state index in [2.05, 4.69) is 47.6 Å². The number of para-hydroxylation sites is 1. The van der Waals surface area contributed by atoms with Gasteiger partial charge in [-0.2, -0.15) is 0 Å². The number of carbonyl (C=O) groups excluding carboxylic acids is 2. The minimum atomic E-state index is -2.20. The average molecular weight is 598 g/mol. The van der Waals surface area contributed by atoms with Crippen LogP contribution in [0.15, 0.2) is 54.6 Å². The molecule has 6 rings (SSSR count). The summed E-state index contributed by atoms with van der Waals surface area (Å²) in [5, 5.41) is 0. The molecule has 2 amide bonds. The van der Waals surface area contributed by atoms with E-state index in [1.807, 2.05) is 36.4 Å². The molecule has 3 aromatic rings. The lowest BCUT2D eigenvalue weighted by molar-refractivity contribution is 0.0704. The molecule has 1 spiro atoms. The molecule has 0 aromatic heterocycles. The van der Waals surface area contributed by atoms with Crippen LogP contribution in [0.4, 0.5) is 5.69 Å². The zero-order chi connectivity index (χ0) is 30.7. The second kappa shape index (κ2) is 10.9. The first kappa shape index (κ1) is 29.6. The van der Waals surface area contributed by atoms with Crippen molar-refractivity contribution in [2.75, 3.05) is 12.0 Å². The number of anilines is 1. The number of imide groups is 1. The molecule has 1 fully saturated rings. The number of nitrogens with zero attached hydrogens (tertiary/aromatic N) is 1. The number of rotatable bonds is 8. The summed E-state index contributed by atoms with van der Waals surface area (Å²) in [7, 11) is -0.580. The third-order valence-corrected chi connectivity index (χ3v) is 16.0. The molecule has 0 radical (unpaired) electrons. The summed E-state index contributed by atoms with van der Waals surface area (Å²) in [4.78, 5) is 29.7. The highest BCUT2D eigenvalue weighted by Gasteiger charge is 2.50. The number of fused-ring (bicyclic) bond motifs is 6. The number of carbonyl (C=O) groups is 2. The Hall–Kier alpha value is -3.42. The normalized spacial score (nSPS) is 17.1. The van der Waals surface area contributed by atoms with Gasteiger partial charge in [0.1, 0.15) is 17.1 Å². The second-order valence-electron chi connectivity index (χ2n) is 13.3. The Kier molecular flexibility index (Phi) is 7.54. The van der Waals surface area contributed by atoms with Crippen LogP contribution in [0.5, 0.6) is 11.5 Å². The molecule has 0 N–H and O–H groups in total. The van der Waals surface area contributed by atoms with Gasteiger partial charge in [-0.15, -0.1) is 0 Å². The molecule has 226 valence electrons. The number of amides is 2. The molecular formula is C36H43NO5Si. The van der Waals surface area contributed by atoms with Crippen LogP contribution in [0.2, 0.25) is 16.6 Å². The smallest absolute Gasteiger partial charge is 0.266 e. The van der Waals surface area contributed by atoms with Gasteiger partial charge in [0.25, 0.3) is 20.1 Å². The number of ether oxygens (including phenoxy) is 2. The Morgan fingerprint density at radius 1 is 0.837 bits per heavy atom. The van der Waals surface area contributed by atoms with Crippen LogP contribution in [0.3, 0.4) is 0 Å². The third kappa shape index (κ3) is 4.46. The third-order valence-electron chi connectivity index (χ3n) is 9.99. The van der Waals surface area contributed by atoms with Gasteiger partial charge in [-0.3, -0.25) is 9.59 Å². The second-order valence-corrected chi connectivity index (χ2v) is 18.7. The fourth-order valence-corrected chi connectivity index (χ4v) is 13.5. The zero-order valence-electron chi connectivity index (χ0n) is 26.5. The molecule has 2 aliphatic heterocycles. The number of hydrogen-bond acceptors (Lipinski definition) is 5. The molecule has 0 bridgehead atoms. The molecule has 1 saturated carbocycles. The van der Waals surface area contributed by atoms with Gasteiger partial charge in [-0.1, -0.05) is 59.7 Å². The van der Waals surface area contributed by atoms with Crippen LogP contribution in [-0.4, -0.2) is 27.2 Å². The van der Waals surface area contributed by atoms with Gasteiger partial charge in [-0.25, -0.2) is 4.90 Å². The fraction of sp³-hybridized carbons (Fsp3) is 0.444. The summed E-state index contributed by atoms with van der Waals surface area (Å²) in [6.45, 7) is 13.9. The maximum Gasteiger partial charge on any atom is 0.266 e. The minimum Gasteiger partial charge on any atom is -0.543 e. The van der Waals surface area contributed by atoms with Gasteiger partial charge in [-0.05, 0) is 78.2 Å². The van der Waals surface area contributed by atoms with E-state index in [1.54, 1.807) is 19.2 Å². The SMILES string of the molecule is COCc1cc2c(c3c1C(=O)N(c1ccccc1)C3=O)-c1ccc(O[Si](C(C)C)(C(C)C)C(C)C)cc1OC21CCCC1. The molecule has 43 heavy (non-hydrogen) atoms. The average Bonchev–Trinajstić information content (AvgIpc) is 3.54. The van der Waals surface area contributed by atoms with E-state index in [1.165, 1.54) is 4.90 Å². The molecule has 1 aliphatic carbocycles. The van der Waals surface area contributed by atoms with E-state index >= 15 is 0 Å². The lowest BCUT2D eigenvalue weighted by Gasteiger charge is -2.43. The maximum absolute atomic E-state index is 14.3. The Labute approximate surface area is 256 Å². The van der Waals surface area contributed by atoms with Crippen molar-refractivity contribution in [3.63, 3.8) is 0 Å². The molecule has 6 nitrogen and oxygen atoms in total. The van der Waals surface area contributed by atoms with Crippen LogP contribution in [0.25, 0.3) is 11.1 Å². The van der Waals surface area contributed by atoms with Crippen LogP contribution in [0.1, 0.15) is 99.1 Å². The molecule has 3 aliphatic rings. The minimum absolute atomic E-state index is 0.235. The van der Waals surface area contributed by atoms with E-state index in [0.29, 0.717) is 33.4 Å². The number of benzene rings is 3. The summed E-state index contributed by atoms with van der Waals surface area (Å²) >= 11 is 0. The Morgan fingerprint density at radius 3 is 2.07 bits per heavy atom. The predicted molar refractivity (Wildman–Crippen MR) is 173 cm³/mol. The van der Waals surface area contributed by atoms with E-state index in [-0.39, 0.29) is 18.4 Å². The summed E-state index contributed by atoms with van der Waals surface area (Å²) in [5.74, 6) is 0.939. The molecular weight excluding hydrogens is 554 g/mol. The summed E-state index contributed by atoms with van der Waals surface area (Å²) in [5.41, 5.74) is 5.56. The Bertz CT molecular complexity index is 1550. The van der Waals surface area contributed by atoms with Crippen molar-refractivity contribution in [2.24, 2.45) is 0 Å². The topological polar surface area (TPSA) is 65.1 Å². The van der Waals surface area contributed by atoms with Crippen molar-refractivity contribution >= 4 is 25.8 Å². The zero-order valence-corrected chi connectivity index (χ0v) is 27.5. The van der Waals surface area contributed by atoms with Crippen LogP contribution in [-0.2, 0) is 16.9 Å². The van der Waals surface area contributed by atoms with Crippen molar-refractivity contribution in [1.82, 2.24) is 0 Å². The molecule has 0 saturated heterocycles. The van der Waals surface area contributed by atoms with E-state index in [9.17, 15) is 9.59 Å². The molecule has 2 heterocycles. The molecule has 0 unspecified atom stereocenters. The van der Waals surface area contributed by atoms with Gasteiger partial charge >= 0.3 is 0 Å². The van der Waals surface area contributed by atoms with Gasteiger partial charge < -0.3 is 13.9 Å². The van der Waals surface area contributed by atoms with Crippen molar-refractivity contribution < 1.29 is 23.5 Å². The monoisotopic (exact) mass is 597 g/mol. The highest BCUT2D eigenvalue weighted by Crippen LogP contribution is 2.56. The van der Waals surface area contributed by atoms with E-state index < -0.39 is 13.9 Å². The Balaban J connectivity index is 1.57. The fourth-order valence-electron chi connectivity index (χ4n) is 8.23. The van der Waals surface area contributed by atoms with Gasteiger partial charge in [0, 0.05) is 29.9 Å². The van der Waals surface area contributed by atoms with Crippen LogP contribution >= 0.6 is 0 Å². The van der Waals surface area contributed by atoms with Gasteiger partial charge in [0.15, 0.2) is 0 Å². The van der Waals surface area contributed by atoms with E-state index in [0.717, 1.165) is 59.4 Å². The highest BCUT2D eigenvalue weighted by molar-refractivity contribution is 6.78. The Morgan fingerprint density at radius 2 is 1.47 bits per heavy atom. The maximum atomic E-state index is 14.3. The highest BCUT2D eigenvalue weighted by atomic mass is 28.4. The number of methoxy groups -OCH3 is 1. The lowest BCUT2D eigenvalue weighted by Crippen LogP contribution is -2.50. The molecule has 3 aromatic carbocycles. The first-order valence-electron chi connectivity index (χ1n) is 15.7. The predicted octanol–water partition coefficient (Wildman–Crippen LogP) is 9.02. The van der Waals surface area contributed by atoms with Crippen molar-refractivity contribution in [3.05, 3.63) is 76.9 Å². The first-order valence-corrected chi connectivity index (χ1v) is 17.8. The quantitative estimate of drug-likeness (QED) is 0.191. The van der Waals surface area contributed by atoms with Crippen LogP contribution in [0, 0.1) is 0 Å². The molecule has 0 atom stereocenters. The van der Waals surface area contributed by atoms with Gasteiger partial charge in [0.05, 0.1) is 23.4 Å². The van der Waals surface area contributed by atoms with Crippen molar-refractivity contribution in [2.45, 2.75) is 96.1 Å². The van der Waals surface area contributed by atoms with E-state index in [4.69, 9.17) is 13.9 Å². The first-order chi connectivity index (χ1) is 20.6.